The molecule has 1 fully saturated rings. The standard InChI is InChI=1S/C23H24F2N4OS2/c1-29-7-5-14(3-2-9-30-10-8-29)18-11-15-17(4-6-26-23(15)32-18)28-21-16(24)12-19-22(20(21)25)27-13-31-19/h4,6,11-14H,2-3,5,7-10H2,1H3,(H,26,28). The largest absolute Gasteiger partial charge is 0.380 e. The van der Waals surface area contributed by atoms with Crippen molar-refractivity contribution in [1.29, 1.82) is 0 Å². The third kappa shape index (κ3) is 4.34. The van der Waals surface area contributed by atoms with Gasteiger partial charge in [-0.3, -0.25) is 0 Å². The van der Waals surface area contributed by atoms with Crippen molar-refractivity contribution in [3.8, 4) is 0 Å². The van der Waals surface area contributed by atoms with E-state index < -0.39 is 11.6 Å². The number of nitrogens with one attached hydrogen (secondary N) is 1. The molecule has 4 heterocycles. The van der Waals surface area contributed by atoms with E-state index in [9.17, 15) is 8.78 Å². The lowest BCUT2D eigenvalue weighted by atomic mass is 9.97. The number of rotatable bonds is 3. The van der Waals surface area contributed by atoms with E-state index in [4.69, 9.17) is 4.74 Å². The van der Waals surface area contributed by atoms with Gasteiger partial charge in [-0.1, -0.05) is 0 Å². The van der Waals surface area contributed by atoms with Crippen molar-refractivity contribution in [2.24, 2.45) is 0 Å². The lowest BCUT2D eigenvalue weighted by Crippen LogP contribution is -2.26. The highest BCUT2D eigenvalue weighted by atomic mass is 32.1. The van der Waals surface area contributed by atoms with Crippen molar-refractivity contribution in [2.45, 2.75) is 25.2 Å². The van der Waals surface area contributed by atoms with Crippen molar-refractivity contribution in [2.75, 3.05) is 38.7 Å². The second kappa shape index (κ2) is 9.35. The molecule has 0 amide bonds. The number of pyridine rings is 1. The van der Waals surface area contributed by atoms with E-state index in [-0.39, 0.29) is 11.2 Å². The first-order valence-electron chi connectivity index (χ1n) is 10.7. The molecule has 1 unspecified atom stereocenters. The highest BCUT2D eigenvalue weighted by Crippen LogP contribution is 2.39. The topological polar surface area (TPSA) is 50.3 Å². The molecule has 0 aliphatic carbocycles. The molecule has 0 saturated carbocycles. The predicted molar refractivity (Wildman–Crippen MR) is 127 cm³/mol. The molecule has 0 bridgehead atoms. The second-order valence-electron chi connectivity index (χ2n) is 8.14. The van der Waals surface area contributed by atoms with Crippen molar-refractivity contribution >= 4 is 54.5 Å². The molecule has 3 aromatic heterocycles. The number of ether oxygens (including phenoxy) is 1. The van der Waals surface area contributed by atoms with Crippen LogP contribution in [-0.4, -0.2) is 48.2 Å². The van der Waals surface area contributed by atoms with Gasteiger partial charge in [-0.15, -0.1) is 22.7 Å². The summed E-state index contributed by atoms with van der Waals surface area (Å²) in [6.07, 6.45) is 4.81. The van der Waals surface area contributed by atoms with Crippen LogP contribution < -0.4 is 5.32 Å². The second-order valence-corrected chi connectivity index (χ2v) is 10.1. The minimum atomic E-state index is -0.669. The lowest BCUT2D eigenvalue weighted by Gasteiger charge is -2.23. The summed E-state index contributed by atoms with van der Waals surface area (Å²) in [6.45, 7) is 3.50. The van der Waals surface area contributed by atoms with Gasteiger partial charge < -0.3 is 15.0 Å². The summed E-state index contributed by atoms with van der Waals surface area (Å²) in [6, 6.07) is 5.22. The van der Waals surface area contributed by atoms with Crippen LogP contribution in [0.1, 0.15) is 30.1 Å². The summed E-state index contributed by atoms with van der Waals surface area (Å²) in [5, 5.41) is 3.86. The maximum Gasteiger partial charge on any atom is 0.176 e. The molecule has 9 heteroatoms. The summed E-state index contributed by atoms with van der Waals surface area (Å²) in [5.41, 5.74) is 2.17. The molecule has 1 atom stereocenters. The number of anilines is 2. The third-order valence-electron chi connectivity index (χ3n) is 5.95. The molecule has 5 nitrogen and oxygen atoms in total. The van der Waals surface area contributed by atoms with Crippen molar-refractivity contribution in [3.63, 3.8) is 0 Å². The molecule has 0 spiro atoms. The van der Waals surface area contributed by atoms with Crippen molar-refractivity contribution in [1.82, 2.24) is 14.9 Å². The van der Waals surface area contributed by atoms with E-state index in [2.05, 4.69) is 33.3 Å². The van der Waals surface area contributed by atoms with Crippen LogP contribution in [0, 0.1) is 11.6 Å². The zero-order chi connectivity index (χ0) is 22.1. The molecular weight excluding hydrogens is 450 g/mol. The first kappa shape index (κ1) is 21.6. The van der Waals surface area contributed by atoms with Gasteiger partial charge in [-0.2, -0.15) is 0 Å². The average molecular weight is 475 g/mol. The van der Waals surface area contributed by atoms with Crippen LogP contribution >= 0.6 is 22.7 Å². The number of nitrogens with zero attached hydrogens (tertiary/aromatic N) is 3. The summed E-state index contributed by atoms with van der Waals surface area (Å²) in [4.78, 5) is 13.0. The Morgan fingerprint density at radius 1 is 1.16 bits per heavy atom. The minimum absolute atomic E-state index is 0.180. The monoisotopic (exact) mass is 474 g/mol. The molecule has 1 aliphatic heterocycles. The Morgan fingerprint density at radius 2 is 2.06 bits per heavy atom. The number of hydrogen-bond acceptors (Lipinski definition) is 7. The van der Waals surface area contributed by atoms with Crippen LogP contribution in [0.4, 0.5) is 20.2 Å². The van der Waals surface area contributed by atoms with E-state index >= 15 is 0 Å². The molecule has 0 radical (unpaired) electrons. The van der Waals surface area contributed by atoms with E-state index in [1.807, 2.05) is 0 Å². The fourth-order valence-electron chi connectivity index (χ4n) is 4.12. The lowest BCUT2D eigenvalue weighted by molar-refractivity contribution is 0.0999. The molecule has 1 aliphatic rings. The molecule has 168 valence electrons. The highest BCUT2D eigenvalue weighted by molar-refractivity contribution is 7.18. The van der Waals surface area contributed by atoms with Gasteiger partial charge in [0.2, 0.25) is 0 Å². The Balaban J connectivity index is 1.47. The Morgan fingerprint density at radius 3 is 2.97 bits per heavy atom. The van der Waals surface area contributed by atoms with Crippen LogP contribution in [0.3, 0.4) is 0 Å². The molecule has 1 saturated heterocycles. The highest BCUT2D eigenvalue weighted by Gasteiger charge is 2.20. The van der Waals surface area contributed by atoms with Crippen LogP contribution in [0.2, 0.25) is 0 Å². The number of fused-ring (bicyclic) bond motifs is 2. The number of benzene rings is 1. The Hall–Kier alpha value is -2.20. The van der Waals surface area contributed by atoms with E-state index in [1.165, 1.54) is 27.8 Å². The van der Waals surface area contributed by atoms with Gasteiger partial charge >= 0.3 is 0 Å². The van der Waals surface area contributed by atoms with Crippen LogP contribution in [0.25, 0.3) is 20.4 Å². The van der Waals surface area contributed by atoms with E-state index in [1.54, 1.807) is 23.6 Å². The SMILES string of the molecule is CN1CCOCCCC(c2cc3c(Nc4c(F)cc5scnc5c4F)ccnc3s2)CC1. The van der Waals surface area contributed by atoms with Crippen LogP contribution in [0.5, 0.6) is 0 Å². The molecule has 1 aromatic carbocycles. The van der Waals surface area contributed by atoms with Gasteiger partial charge in [0.25, 0.3) is 0 Å². The van der Waals surface area contributed by atoms with Gasteiger partial charge in [-0.05, 0) is 57.0 Å². The zero-order valence-electron chi connectivity index (χ0n) is 17.7. The normalized spacial score (nSPS) is 18.9. The third-order valence-corrected chi connectivity index (χ3v) is 7.94. The number of likely N-dealkylation sites (N-methyl/N-ethyl adjacent to an activating group) is 1. The number of hydrogen-bond donors (Lipinski definition) is 1. The number of aromatic nitrogens is 2. The van der Waals surface area contributed by atoms with Gasteiger partial charge in [0, 0.05) is 29.6 Å². The summed E-state index contributed by atoms with van der Waals surface area (Å²) >= 11 is 2.88. The van der Waals surface area contributed by atoms with Crippen LogP contribution in [0.15, 0.2) is 29.9 Å². The molecular formula is C23H24F2N4OS2. The summed E-state index contributed by atoms with van der Waals surface area (Å²) < 4.78 is 35.8. The number of halogens is 2. The zero-order valence-corrected chi connectivity index (χ0v) is 19.4. The minimum Gasteiger partial charge on any atom is -0.380 e. The molecule has 1 N–H and O–H groups in total. The van der Waals surface area contributed by atoms with E-state index in [0.717, 1.165) is 55.8 Å². The Bertz CT molecular complexity index is 1240. The number of thiophene rings is 1. The predicted octanol–water partition coefficient (Wildman–Crippen LogP) is 6.14. The molecule has 32 heavy (non-hydrogen) atoms. The number of thiazole rings is 1. The van der Waals surface area contributed by atoms with Crippen molar-refractivity contribution < 1.29 is 13.5 Å². The first-order valence-corrected chi connectivity index (χ1v) is 12.4. The quantitative estimate of drug-likeness (QED) is 0.386. The maximum atomic E-state index is 14.9. The van der Waals surface area contributed by atoms with Crippen LogP contribution in [-0.2, 0) is 4.74 Å². The first-order chi connectivity index (χ1) is 15.6. The van der Waals surface area contributed by atoms with Gasteiger partial charge in [-0.25, -0.2) is 18.7 Å². The average Bonchev–Trinajstić information content (AvgIpc) is 3.43. The fraction of sp³-hybridized carbons (Fsp3) is 0.391. The van der Waals surface area contributed by atoms with Crippen molar-refractivity contribution in [3.05, 3.63) is 46.4 Å². The Labute approximate surface area is 193 Å². The summed E-state index contributed by atoms with van der Waals surface area (Å²) in [7, 11) is 2.12. The smallest absolute Gasteiger partial charge is 0.176 e. The van der Waals surface area contributed by atoms with Gasteiger partial charge in [0.05, 0.1) is 22.5 Å². The van der Waals surface area contributed by atoms with Gasteiger partial charge in [0.1, 0.15) is 16.0 Å². The molecule has 4 aromatic rings. The van der Waals surface area contributed by atoms with E-state index in [0.29, 0.717) is 16.3 Å². The summed E-state index contributed by atoms with van der Waals surface area (Å²) in [5.74, 6) is -0.891. The maximum absolute atomic E-state index is 14.9. The Kier molecular flexibility index (Phi) is 6.32. The van der Waals surface area contributed by atoms with Gasteiger partial charge in [0.15, 0.2) is 11.6 Å². The molecule has 5 rings (SSSR count). The fourth-order valence-corrected chi connectivity index (χ4v) is 6.01.